The van der Waals surface area contributed by atoms with Crippen molar-refractivity contribution < 1.29 is 4.79 Å². The van der Waals surface area contributed by atoms with E-state index in [-0.39, 0.29) is 17.9 Å². The number of fused-ring (bicyclic) bond motifs is 2. The van der Waals surface area contributed by atoms with Crippen molar-refractivity contribution in [3.05, 3.63) is 66.1 Å². The molecule has 2 heterocycles. The Hall–Kier alpha value is -3.08. The van der Waals surface area contributed by atoms with Crippen LogP contribution in [0.2, 0.25) is 0 Å². The third-order valence-electron chi connectivity index (χ3n) is 5.51. The summed E-state index contributed by atoms with van der Waals surface area (Å²) < 4.78 is 2.15. The first-order chi connectivity index (χ1) is 14.0. The minimum Gasteiger partial charge on any atom is -0.350 e. The predicted octanol–water partition coefficient (Wildman–Crippen LogP) is 4.89. The van der Waals surface area contributed by atoms with Crippen LogP contribution in [0, 0.1) is 5.92 Å². The predicted molar refractivity (Wildman–Crippen MR) is 118 cm³/mol. The summed E-state index contributed by atoms with van der Waals surface area (Å²) in [5.41, 5.74) is 4.46. The quantitative estimate of drug-likeness (QED) is 0.473. The maximum Gasteiger partial charge on any atom is 0.220 e. The van der Waals surface area contributed by atoms with Gasteiger partial charge >= 0.3 is 0 Å². The number of para-hydroxylation sites is 3. The Morgan fingerprint density at radius 2 is 1.90 bits per heavy atom. The van der Waals surface area contributed by atoms with E-state index in [4.69, 9.17) is 0 Å². The lowest BCUT2D eigenvalue weighted by molar-refractivity contribution is -0.122. The van der Waals surface area contributed by atoms with E-state index in [1.54, 1.807) is 0 Å². The summed E-state index contributed by atoms with van der Waals surface area (Å²) in [5, 5.41) is 4.46. The molecule has 29 heavy (non-hydrogen) atoms. The van der Waals surface area contributed by atoms with Gasteiger partial charge in [0.25, 0.3) is 0 Å². The van der Waals surface area contributed by atoms with Gasteiger partial charge in [-0.25, -0.2) is 4.98 Å². The third kappa shape index (κ3) is 4.04. The average molecular weight is 389 g/mol. The second-order valence-electron chi connectivity index (χ2n) is 8.06. The Labute approximate surface area is 171 Å². The molecule has 0 fully saturated rings. The molecule has 0 aliphatic heterocycles. The van der Waals surface area contributed by atoms with Crippen molar-refractivity contribution >= 4 is 27.8 Å². The standard InChI is InChI=1S/C24H28N4O/c1-16(2)23(24-25-19-11-5-6-12-20(19)26-24)27-22(29)14-8-9-17-15-28(3)21-13-7-4-10-18(17)21/h4-7,10-13,15-16,23H,8-9,14H2,1-3H3,(H,25,26)(H,27,29)/t23-/m0/s1. The van der Waals surface area contributed by atoms with Gasteiger partial charge in [0, 0.05) is 30.6 Å². The number of aryl methyl sites for hydroxylation is 2. The Balaban J connectivity index is 1.39. The SMILES string of the molecule is CC(C)[C@H](NC(=O)CCCc1cn(C)c2ccccc12)c1nc2ccccc2[nH]1. The van der Waals surface area contributed by atoms with Gasteiger partial charge < -0.3 is 14.9 Å². The van der Waals surface area contributed by atoms with Crippen LogP contribution < -0.4 is 5.32 Å². The first-order valence-corrected chi connectivity index (χ1v) is 10.3. The third-order valence-corrected chi connectivity index (χ3v) is 5.51. The van der Waals surface area contributed by atoms with E-state index in [0.717, 1.165) is 29.7 Å². The smallest absolute Gasteiger partial charge is 0.220 e. The average Bonchev–Trinajstić information content (AvgIpc) is 3.27. The van der Waals surface area contributed by atoms with Crippen LogP contribution in [0.5, 0.6) is 0 Å². The number of H-pyrrole nitrogens is 1. The molecule has 5 heteroatoms. The number of imidazole rings is 1. The summed E-state index contributed by atoms with van der Waals surface area (Å²) in [6.07, 6.45) is 4.40. The molecule has 2 N–H and O–H groups in total. The number of aromatic nitrogens is 3. The number of nitrogens with one attached hydrogen (secondary N) is 2. The van der Waals surface area contributed by atoms with Gasteiger partial charge in [-0.2, -0.15) is 0 Å². The number of hydrogen-bond donors (Lipinski definition) is 2. The zero-order valence-corrected chi connectivity index (χ0v) is 17.3. The lowest BCUT2D eigenvalue weighted by atomic mass is 10.0. The van der Waals surface area contributed by atoms with Gasteiger partial charge in [0.05, 0.1) is 17.1 Å². The Bertz CT molecular complexity index is 1110. The molecular formula is C24H28N4O. The number of nitrogens with zero attached hydrogens (tertiary/aromatic N) is 2. The molecule has 150 valence electrons. The molecule has 2 aromatic carbocycles. The highest BCUT2D eigenvalue weighted by molar-refractivity contribution is 5.84. The molecule has 0 aliphatic rings. The van der Waals surface area contributed by atoms with E-state index in [0.29, 0.717) is 6.42 Å². The van der Waals surface area contributed by atoms with Gasteiger partial charge in [-0.15, -0.1) is 0 Å². The van der Waals surface area contributed by atoms with Crippen LogP contribution in [-0.4, -0.2) is 20.4 Å². The Kier molecular flexibility index (Phi) is 5.38. The molecule has 0 bridgehead atoms. The van der Waals surface area contributed by atoms with Crippen LogP contribution in [0.4, 0.5) is 0 Å². The molecule has 2 aromatic heterocycles. The van der Waals surface area contributed by atoms with Crippen molar-refractivity contribution in [3.63, 3.8) is 0 Å². The zero-order chi connectivity index (χ0) is 20.4. The number of carbonyl (C=O) groups excluding carboxylic acids is 1. The molecule has 1 amide bonds. The molecule has 0 radical (unpaired) electrons. The summed E-state index contributed by atoms with van der Waals surface area (Å²) >= 11 is 0. The summed E-state index contributed by atoms with van der Waals surface area (Å²) in [5.74, 6) is 1.14. The number of carbonyl (C=O) groups is 1. The van der Waals surface area contributed by atoms with Gasteiger partial charge in [0.15, 0.2) is 0 Å². The number of hydrogen-bond acceptors (Lipinski definition) is 2. The van der Waals surface area contributed by atoms with Crippen molar-refractivity contribution in [2.24, 2.45) is 13.0 Å². The van der Waals surface area contributed by atoms with Crippen molar-refractivity contribution in [2.75, 3.05) is 0 Å². The van der Waals surface area contributed by atoms with Crippen LogP contribution in [0.3, 0.4) is 0 Å². The molecule has 0 saturated heterocycles. The lowest BCUT2D eigenvalue weighted by Crippen LogP contribution is -2.32. The molecule has 5 nitrogen and oxygen atoms in total. The fourth-order valence-corrected chi connectivity index (χ4v) is 3.98. The minimum atomic E-state index is -0.118. The van der Waals surface area contributed by atoms with E-state index in [2.05, 4.69) is 71.2 Å². The number of amides is 1. The van der Waals surface area contributed by atoms with Crippen LogP contribution in [0.15, 0.2) is 54.7 Å². The highest BCUT2D eigenvalue weighted by Crippen LogP contribution is 2.24. The van der Waals surface area contributed by atoms with Gasteiger partial charge in [0.2, 0.25) is 5.91 Å². The largest absolute Gasteiger partial charge is 0.350 e. The van der Waals surface area contributed by atoms with Gasteiger partial charge in [-0.3, -0.25) is 4.79 Å². The summed E-state index contributed by atoms with van der Waals surface area (Å²) in [6, 6.07) is 16.3. The minimum absolute atomic E-state index is 0.0735. The molecule has 1 atom stereocenters. The molecule has 4 rings (SSSR count). The normalized spacial score (nSPS) is 12.7. The Morgan fingerprint density at radius 1 is 1.14 bits per heavy atom. The second-order valence-corrected chi connectivity index (χ2v) is 8.06. The topological polar surface area (TPSA) is 62.7 Å². The Morgan fingerprint density at radius 3 is 2.69 bits per heavy atom. The van der Waals surface area contributed by atoms with E-state index in [9.17, 15) is 4.79 Å². The van der Waals surface area contributed by atoms with E-state index in [1.807, 2.05) is 24.3 Å². The van der Waals surface area contributed by atoms with Crippen LogP contribution in [0.1, 0.15) is 44.1 Å². The van der Waals surface area contributed by atoms with Crippen LogP contribution >= 0.6 is 0 Å². The number of benzene rings is 2. The zero-order valence-electron chi connectivity index (χ0n) is 17.3. The van der Waals surface area contributed by atoms with E-state index < -0.39 is 0 Å². The van der Waals surface area contributed by atoms with Crippen molar-refractivity contribution in [3.8, 4) is 0 Å². The first kappa shape index (κ1) is 19.2. The van der Waals surface area contributed by atoms with Crippen molar-refractivity contribution in [1.29, 1.82) is 0 Å². The lowest BCUT2D eigenvalue weighted by Gasteiger charge is -2.20. The van der Waals surface area contributed by atoms with Crippen molar-refractivity contribution in [1.82, 2.24) is 19.9 Å². The maximum absolute atomic E-state index is 12.6. The monoisotopic (exact) mass is 388 g/mol. The van der Waals surface area contributed by atoms with E-state index in [1.165, 1.54) is 16.5 Å². The first-order valence-electron chi connectivity index (χ1n) is 10.3. The molecule has 0 spiro atoms. The molecule has 0 unspecified atom stereocenters. The summed E-state index contributed by atoms with van der Waals surface area (Å²) in [7, 11) is 2.07. The maximum atomic E-state index is 12.6. The highest BCUT2D eigenvalue weighted by atomic mass is 16.1. The molecule has 0 aliphatic carbocycles. The summed E-state index contributed by atoms with van der Waals surface area (Å²) in [6.45, 7) is 4.21. The van der Waals surface area contributed by atoms with Crippen molar-refractivity contribution in [2.45, 2.75) is 39.2 Å². The molecular weight excluding hydrogens is 360 g/mol. The van der Waals surface area contributed by atoms with Crippen LogP contribution in [0.25, 0.3) is 21.9 Å². The summed E-state index contributed by atoms with van der Waals surface area (Å²) in [4.78, 5) is 20.7. The number of aromatic amines is 1. The van der Waals surface area contributed by atoms with E-state index >= 15 is 0 Å². The molecule has 0 saturated carbocycles. The number of rotatable bonds is 7. The highest BCUT2D eigenvalue weighted by Gasteiger charge is 2.21. The van der Waals surface area contributed by atoms with Gasteiger partial charge in [-0.1, -0.05) is 44.2 Å². The fourth-order valence-electron chi connectivity index (χ4n) is 3.98. The van der Waals surface area contributed by atoms with Gasteiger partial charge in [0.1, 0.15) is 5.82 Å². The second kappa shape index (κ2) is 8.11. The van der Waals surface area contributed by atoms with Crippen LogP contribution in [-0.2, 0) is 18.3 Å². The fraction of sp³-hybridized carbons (Fsp3) is 0.333. The van der Waals surface area contributed by atoms with Gasteiger partial charge in [-0.05, 0) is 42.5 Å². The molecule has 4 aromatic rings.